The number of thiol groups is 1. The molecule has 0 amide bonds. The molecule has 0 atom stereocenters. The number of carbonyl (C=O) groups is 1. The molecule has 0 bridgehead atoms. The van der Waals surface area contributed by atoms with Gasteiger partial charge in [-0.05, 0) is 37.0 Å². The van der Waals surface area contributed by atoms with Crippen molar-refractivity contribution in [1.29, 1.82) is 0 Å². The van der Waals surface area contributed by atoms with Crippen molar-refractivity contribution in [2.45, 2.75) is 31.1 Å². The van der Waals surface area contributed by atoms with Gasteiger partial charge in [0.05, 0.1) is 12.2 Å². The molecule has 1 aromatic carbocycles. The third-order valence-corrected chi connectivity index (χ3v) is 3.18. The Balaban J connectivity index is 1.93. The molecule has 1 fully saturated rings. The minimum Gasteiger partial charge on any atom is -0.462 e. The summed E-state index contributed by atoms with van der Waals surface area (Å²) in [5.41, 5.74) is 1.57. The molecule has 1 aliphatic rings. The molecular formula is C13H16O2S. The van der Waals surface area contributed by atoms with E-state index in [4.69, 9.17) is 4.74 Å². The van der Waals surface area contributed by atoms with E-state index in [1.54, 1.807) is 6.07 Å². The number of benzene rings is 1. The molecule has 1 saturated carbocycles. The van der Waals surface area contributed by atoms with Crippen molar-refractivity contribution in [3.8, 4) is 0 Å². The molecule has 2 nitrogen and oxygen atoms in total. The highest BCUT2D eigenvalue weighted by Crippen LogP contribution is 2.32. The van der Waals surface area contributed by atoms with Gasteiger partial charge in [0.15, 0.2) is 0 Å². The lowest BCUT2D eigenvalue weighted by Gasteiger charge is -2.07. The fourth-order valence-electron chi connectivity index (χ4n) is 1.63. The molecule has 1 aromatic rings. The predicted molar refractivity (Wildman–Crippen MR) is 66.1 cm³/mol. The molecule has 0 aliphatic heterocycles. The second kappa shape index (κ2) is 4.91. The standard InChI is InChI=1S/C13H16O2S/c1-9-2-5-11(16)8-12(9)13(14)15-7-6-10-3-4-10/h2,5,8,10,16H,3-4,6-7H2,1H3. The van der Waals surface area contributed by atoms with E-state index in [1.807, 2.05) is 19.1 Å². The van der Waals surface area contributed by atoms with Gasteiger partial charge in [0.2, 0.25) is 0 Å². The van der Waals surface area contributed by atoms with Crippen LogP contribution in [0.2, 0.25) is 0 Å². The van der Waals surface area contributed by atoms with Crippen LogP contribution < -0.4 is 0 Å². The van der Waals surface area contributed by atoms with E-state index < -0.39 is 0 Å². The zero-order valence-corrected chi connectivity index (χ0v) is 10.3. The molecular weight excluding hydrogens is 220 g/mol. The Morgan fingerprint density at radius 2 is 2.25 bits per heavy atom. The average molecular weight is 236 g/mol. The number of esters is 1. The molecule has 16 heavy (non-hydrogen) atoms. The van der Waals surface area contributed by atoms with E-state index in [2.05, 4.69) is 12.6 Å². The molecule has 0 aromatic heterocycles. The maximum Gasteiger partial charge on any atom is 0.338 e. The largest absolute Gasteiger partial charge is 0.462 e. The van der Waals surface area contributed by atoms with Gasteiger partial charge < -0.3 is 4.74 Å². The van der Waals surface area contributed by atoms with Gasteiger partial charge in [-0.15, -0.1) is 12.6 Å². The normalized spacial score (nSPS) is 14.9. The molecule has 3 heteroatoms. The zero-order chi connectivity index (χ0) is 11.5. The summed E-state index contributed by atoms with van der Waals surface area (Å²) in [6.07, 6.45) is 3.59. The van der Waals surface area contributed by atoms with Crippen molar-refractivity contribution >= 4 is 18.6 Å². The minimum atomic E-state index is -0.228. The van der Waals surface area contributed by atoms with E-state index in [9.17, 15) is 4.79 Å². The van der Waals surface area contributed by atoms with Crippen LogP contribution in [0.4, 0.5) is 0 Å². The van der Waals surface area contributed by atoms with E-state index in [1.165, 1.54) is 12.8 Å². The van der Waals surface area contributed by atoms with Crippen molar-refractivity contribution < 1.29 is 9.53 Å². The SMILES string of the molecule is Cc1ccc(S)cc1C(=O)OCCC1CC1. The Morgan fingerprint density at radius 1 is 1.50 bits per heavy atom. The molecule has 86 valence electrons. The Hall–Kier alpha value is -0.960. The smallest absolute Gasteiger partial charge is 0.338 e. The number of hydrogen-bond donors (Lipinski definition) is 1. The second-order valence-electron chi connectivity index (χ2n) is 4.37. The summed E-state index contributed by atoms with van der Waals surface area (Å²) in [5.74, 6) is 0.569. The number of ether oxygens (including phenoxy) is 1. The fourth-order valence-corrected chi connectivity index (χ4v) is 1.84. The Kier molecular flexibility index (Phi) is 3.54. The number of carbonyl (C=O) groups excluding carboxylic acids is 1. The lowest BCUT2D eigenvalue weighted by atomic mass is 10.1. The van der Waals surface area contributed by atoms with Gasteiger partial charge in [-0.25, -0.2) is 4.79 Å². The molecule has 0 heterocycles. The van der Waals surface area contributed by atoms with Gasteiger partial charge in [-0.1, -0.05) is 18.9 Å². The van der Waals surface area contributed by atoms with Gasteiger partial charge in [0.1, 0.15) is 0 Å². The summed E-state index contributed by atoms with van der Waals surface area (Å²) in [4.78, 5) is 12.6. The Bertz CT molecular complexity index is 397. The fraction of sp³-hybridized carbons (Fsp3) is 0.462. The quantitative estimate of drug-likeness (QED) is 0.641. The van der Waals surface area contributed by atoms with Crippen LogP contribution >= 0.6 is 12.6 Å². The Morgan fingerprint density at radius 3 is 2.94 bits per heavy atom. The van der Waals surface area contributed by atoms with Gasteiger partial charge >= 0.3 is 5.97 Å². The predicted octanol–water partition coefficient (Wildman–Crippen LogP) is 3.24. The van der Waals surface area contributed by atoms with Gasteiger partial charge in [-0.3, -0.25) is 0 Å². The highest BCUT2D eigenvalue weighted by atomic mass is 32.1. The first-order valence-electron chi connectivity index (χ1n) is 5.63. The summed E-state index contributed by atoms with van der Waals surface area (Å²) >= 11 is 4.22. The number of aryl methyl sites for hydroxylation is 1. The van der Waals surface area contributed by atoms with Crippen LogP contribution in [-0.2, 0) is 4.74 Å². The van der Waals surface area contributed by atoms with Crippen LogP contribution in [0, 0.1) is 12.8 Å². The lowest BCUT2D eigenvalue weighted by Crippen LogP contribution is -2.08. The van der Waals surface area contributed by atoms with E-state index >= 15 is 0 Å². The second-order valence-corrected chi connectivity index (χ2v) is 4.88. The van der Waals surface area contributed by atoms with Gasteiger partial charge in [-0.2, -0.15) is 0 Å². The van der Waals surface area contributed by atoms with Gasteiger partial charge in [0.25, 0.3) is 0 Å². The van der Waals surface area contributed by atoms with Crippen LogP contribution in [0.25, 0.3) is 0 Å². The monoisotopic (exact) mass is 236 g/mol. The van der Waals surface area contributed by atoms with Gasteiger partial charge in [0, 0.05) is 4.90 Å². The van der Waals surface area contributed by atoms with Crippen LogP contribution in [0.5, 0.6) is 0 Å². The topological polar surface area (TPSA) is 26.3 Å². The maximum absolute atomic E-state index is 11.8. The van der Waals surface area contributed by atoms with Crippen LogP contribution in [0.15, 0.2) is 23.1 Å². The summed E-state index contributed by atoms with van der Waals surface area (Å²) in [6.45, 7) is 2.45. The van der Waals surface area contributed by atoms with Crippen molar-refractivity contribution in [2.75, 3.05) is 6.61 Å². The van der Waals surface area contributed by atoms with E-state index in [-0.39, 0.29) is 5.97 Å². The molecule has 1 aliphatic carbocycles. The first kappa shape index (κ1) is 11.5. The molecule has 2 rings (SSSR count). The van der Waals surface area contributed by atoms with E-state index in [0.29, 0.717) is 12.2 Å². The number of hydrogen-bond acceptors (Lipinski definition) is 3. The third kappa shape index (κ3) is 3.01. The first-order chi connectivity index (χ1) is 7.66. The Labute approximate surface area is 101 Å². The molecule has 0 saturated heterocycles. The van der Waals surface area contributed by atoms with Crippen molar-refractivity contribution in [1.82, 2.24) is 0 Å². The van der Waals surface area contributed by atoms with Crippen molar-refractivity contribution in [3.63, 3.8) is 0 Å². The summed E-state index contributed by atoms with van der Waals surface area (Å²) in [5, 5.41) is 0. The summed E-state index contributed by atoms with van der Waals surface area (Å²) in [7, 11) is 0. The van der Waals surface area contributed by atoms with Crippen LogP contribution in [0.3, 0.4) is 0 Å². The summed E-state index contributed by atoms with van der Waals surface area (Å²) < 4.78 is 5.24. The molecule has 0 spiro atoms. The summed E-state index contributed by atoms with van der Waals surface area (Å²) in [6, 6.07) is 5.52. The highest BCUT2D eigenvalue weighted by molar-refractivity contribution is 7.80. The van der Waals surface area contributed by atoms with Crippen LogP contribution in [0.1, 0.15) is 35.2 Å². The zero-order valence-electron chi connectivity index (χ0n) is 9.40. The highest BCUT2D eigenvalue weighted by Gasteiger charge is 2.21. The van der Waals surface area contributed by atoms with Crippen LogP contribution in [-0.4, -0.2) is 12.6 Å². The third-order valence-electron chi connectivity index (χ3n) is 2.90. The molecule has 0 N–H and O–H groups in total. The van der Waals surface area contributed by atoms with E-state index in [0.717, 1.165) is 22.8 Å². The lowest BCUT2D eigenvalue weighted by molar-refractivity contribution is 0.0494. The maximum atomic E-state index is 11.8. The number of rotatable bonds is 4. The minimum absolute atomic E-state index is 0.228. The molecule has 0 unspecified atom stereocenters. The van der Waals surface area contributed by atoms with Crippen molar-refractivity contribution in [3.05, 3.63) is 29.3 Å². The molecule has 0 radical (unpaired) electrons. The average Bonchev–Trinajstić information content (AvgIpc) is 3.05. The first-order valence-corrected chi connectivity index (χ1v) is 6.08. The van der Waals surface area contributed by atoms with Crippen molar-refractivity contribution in [2.24, 2.45) is 5.92 Å².